The Balaban J connectivity index is 2.92. The van der Waals surface area contributed by atoms with Gasteiger partial charge in [0.1, 0.15) is 0 Å². The van der Waals surface area contributed by atoms with Crippen molar-refractivity contribution in [2.45, 2.75) is 45.4 Å². The zero-order valence-corrected chi connectivity index (χ0v) is 10.6. The molecule has 90 valence electrons. The van der Waals surface area contributed by atoms with Crippen LogP contribution in [-0.2, 0) is 13.6 Å². The fourth-order valence-electron chi connectivity index (χ4n) is 2.12. The molecule has 0 aromatic carbocycles. The van der Waals surface area contributed by atoms with Crippen LogP contribution in [0.3, 0.4) is 0 Å². The second kappa shape index (κ2) is 4.94. The molecule has 2 atom stereocenters. The molecule has 0 amide bonds. The molecule has 0 heterocycles. The summed E-state index contributed by atoms with van der Waals surface area (Å²) in [4.78, 5) is 0. The van der Waals surface area contributed by atoms with Crippen molar-refractivity contribution in [2.75, 3.05) is 13.2 Å². The fourth-order valence-corrected chi connectivity index (χ4v) is 4.41. The molecule has 1 fully saturated rings. The Morgan fingerprint density at radius 1 is 1.40 bits per heavy atom. The second-order valence-electron chi connectivity index (χ2n) is 3.94. The first-order valence-corrected chi connectivity index (χ1v) is 7.12. The van der Waals surface area contributed by atoms with Crippen molar-refractivity contribution in [3.63, 3.8) is 0 Å². The van der Waals surface area contributed by atoms with E-state index in [-0.39, 0.29) is 25.6 Å². The van der Waals surface area contributed by atoms with Crippen LogP contribution in [0.5, 0.6) is 0 Å². The normalized spacial score (nSPS) is 32.1. The molecule has 0 spiro atoms. The van der Waals surface area contributed by atoms with Gasteiger partial charge in [-0.25, -0.2) is 4.39 Å². The van der Waals surface area contributed by atoms with Gasteiger partial charge in [0.25, 0.3) is 0 Å². The zero-order valence-electron chi connectivity index (χ0n) is 9.66. The van der Waals surface area contributed by atoms with Gasteiger partial charge in [0, 0.05) is 5.92 Å². The first-order valence-electron chi connectivity index (χ1n) is 5.58. The van der Waals surface area contributed by atoms with Crippen molar-refractivity contribution in [2.24, 2.45) is 5.92 Å². The summed E-state index contributed by atoms with van der Waals surface area (Å²) < 4.78 is 37.1. The minimum absolute atomic E-state index is 0.218. The molecule has 0 N–H and O–H groups in total. The van der Waals surface area contributed by atoms with Crippen molar-refractivity contribution in [3.8, 4) is 0 Å². The Labute approximate surface area is 90.9 Å². The topological polar surface area (TPSA) is 35.5 Å². The van der Waals surface area contributed by atoms with Crippen LogP contribution < -0.4 is 0 Å². The van der Waals surface area contributed by atoms with Crippen LogP contribution in [0.15, 0.2) is 0 Å². The first-order chi connectivity index (χ1) is 7.00. The van der Waals surface area contributed by atoms with Gasteiger partial charge in [-0.2, -0.15) is 0 Å². The van der Waals surface area contributed by atoms with E-state index in [1.807, 2.05) is 0 Å². The summed E-state index contributed by atoms with van der Waals surface area (Å²) in [5, 5.41) is -1.78. The van der Waals surface area contributed by atoms with Crippen molar-refractivity contribution in [3.05, 3.63) is 0 Å². The van der Waals surface area contributed by atoms with E-state index in [0.29, 0.717) is 0 Å². The lowest BCUT2D eigenvalue weighted by Crippen LogP contribution is -2.28. The summed E-state index contributed by atoms with van der Waals surface area (Å²) >= 11 is 0. The fraction of sp³-hybridized carbons (Fsp3) is 1.00. The van der Waals surface area contributed by atoms with Crippen LogP contribution in [0.25, 0.3) is 0 Å². The van der Waals surface area contributed by atoms with Crippen molar-refractivity contribution >= 4 is 7.60 Å². The minimum Gasteiger partial charge on any atom is -0.307 e. The Morgan fingerprint density at radius 2 is 1.93 bits per heavy atom. The largest absolute Gasteiger partial charge is 0.367 e. The highest BCUT2D eigenvalue weighted by Crippen LogP contribution is 2.68. The Kier molecular flexibility index (Phi) is 4.33. The molecule has 1 rings (SSSR count). The van der Waals surface area contributed by atoms with Gasteiger partial charge < -0.3 is 9.05 Å². The standard InChI is InChI=1S/C10H20FO3P/c1-4-13-15(12,14-5-2)10(11)8-6-7-9(10)3/h9H,4-8H2,1-3H3/t9-,10-/m0/s1. The molecule has 15 heavy (non-hydrogen) atoms. The van der Waals surface area contributed by atoms with Crippen LogP contribution >= 0.6 is 7.60 Å². The lowest BCUT2D eigenvalue weighted by atomic mass is 10.1. The maximum Gasteiger partial charge on any atom is 0.367 e. The van der Waals surface area contributed by atoms with E-state index in [2.05, 4.69) is 0 Å². The molecule has 1 aliphatic rings. The van der Waals surface area contributed by atoms with Crippen molar-refractivity contribution < 1.29 is 18.0 Å². The second-order valence-corrected chi connectivity index (χ2v) is 6.20. The van der Waals surface area contributed by atoms with Crippen LogP contribution in [0.4, 0.5) is 4.39 Å². The van der Waals surface area contributed by atoms with Crippen LogP contribution in [-0.4, -0.2) is 18.6 Å². The van der Waals surface area contributed by atoms with Gasteiger partial charge in [0.15, 0.2) is 0 Å². The third-order valence-corrected chi connectivity index (χ3v) is 5.74. The van der Waals surface area contributed by atoms with Crippen LogP contribution in [0.2, 0.25) is 0 Å². The maximum absolute atomic E-state index is 14.6. The highest BCUT2D eigenvalue weighted by molar-refractivity contribution is 7.55. The molecular weight excluding hydrogens is 218 g/mol. The summed E-state index contributed by atoms with van der Waals surface area (Å²) in [5.74, 6) is -0.249. The molecule has 3 nitrogen and oxygen atoms in total. The van der Waals surface area contributed by atoms with Gasteiger partial charge in [-0.3, -0.25) is 4.57 Å². The third kappa shape index (κ3) is 2.27. The van der Waals surface area contributed by atoms with Gasteiger partial charge >= 0.3 is 7.60 Å². The highest BCUT2D eigenvalue weighted by Gasteiger charge is 2.57. The lowest BCUT2D eigenvalue weighted by molar-refractivity contribution is 0.120. The van der Waals surface area contributed by atoms with E-state index < -0.39 is 13.0 Å². The predicted molar refractivity (Wildman–Crippen MR) is 57.7 cm³/mol. The van der Waals surface area contributed by atoms with Crippen molar-refractivity contribution in [1.82, 2.24) is 0 Å². The summed E-state index contributed by atoms with van der Waals surface area (Å²) in [6.45, 7) is 5.62. The molecule has 0 saturated heterocycles. The molecule has 0 unspecified atom stereocenters. The van der Waals surface area contributed by atoms with E-state index in [1.165, 1.54) is 0 Å². The molecule has 0 aromatic heterocycles. The number of rotatable bonds is 5. The summed E-state index contributed by atoms with van der Waals surface area (Å²) in [6.07, 6.45) is 1.79. The highest BCUT2D eigenvalue weighted by atomic mass is 31.2. The van der Waals surface area contributed by atoms with Gasteiger partial charge in [-0.1, -0.05) is 6.92 Å². The lowest BCUT2D eigenvalue weighted by Gasteiger charge is -2.32. The van der Waals surface area contributed by atoms with E-state index in [9.17, 15) is 8.96 Å². The van der Waals surface area contributed by atoms with Crippen LogP contribution in [0.1, 0.15) is 40.0 Å². The van der Waals surface area contributed by atoms with Crippen LogP contribution in [0, 0.1) is 5.92 Å². The van der Waals surface area contributed by atoms with Gasteiger partial charge in [-0.15, -0.1) is 0 Å². The summed E-state index contributed by atoms with van der Waals surface area (Å²) in [7, 11) is -3.60. The van der Waals surface area contributed by atoms with Gasteiger partial charge in [-0.05, 0) is 33.1 Å². The SMILES string of the molecule is CCOP(=O)(OCC)[C@@]1(F)CCC[C@@H]1C. The zero-order chi connectivity index (χ0) is 11.5. The molecule has 1 aliphatic carbocycles. The van der Waals surface area contributed by atoms with Gasteiger partial charge in [0.2, 0.25) is 5.41 Å². The van der Waals surface area contributed by atoms with E-state index in [1.54, 1.807) is 20.8 Å². The Bertz CT molecular complexity index is 249. The predicted octanol–water partition coefficient (Wildman–Crippen LogP) is 3.74. The average molecular weight is 238 g/mol. The minimum atomic E-state index is -3.60. The summed E-state index contributed by atoms with van der Waals surface area (Å²) in [6, 6.07) is 0. The number of hydrogen-bond donors (Lipinski definition) is 0. The number of alkyl halides is 1. The Hall–Kier alpha value is 0.0800. The third-order valence-electron chi connectivity index (χ3n) is 2.97. The first kappa shape index (κ1) is 13.1. The Morgan fingerprint density at radius 3 is 2.27 bits per heavy atom. The quantitative estimate of drug-likeness (QED) is 0.684. The molecule has 0 aromatic rings. The smallest absolute Gasteiger partial charge is 0.307 e. The van der Waals surface area contributed by atoms with Gasteiger partial charge in [0.05, 0.1) is 13.2 Å². The average Bonchev–Trinajstić information content (AvgIpc) is 2.49. The molecule has 5 heteroatoms. The molecule has 0 aliphatic heterocycles. The van der Waals surface area contributed by atoms with E-state index in [0.717, 1.165) is 12.8 Å². The number of halogens is 1. The molecule has 1 saturated carbocycles. The maximum atomic E-state index is 14.6. The summed E-state index contributed by atoms with van der Waals surface area (Å²) in [5.41, 5.74) is 0. The molecular formula is C10H20FO3P. The number of hydrogen-bond acceptors (Lipinski definition) is 3. The molecule has 0 radical (unpaired) electrons. The van der Waals surface area contributed by atoms with Crippen molar-refractivity contribution in [1.29, 1.82) is 0 Å². The van der Waals surface area contributed by atoms with E-state index >= 15 is 0 Å². The van der Waals surface area contributed by atoms with E-state index in [4.69, 9.17) is 9.05 Å². The molecule has 0 bridgehead atoms. The monoisotopic (exact) mass is 238 g/mol.